The molecular weight excluding hydrogens is 391 g/mol. The van der Waals surface area contributed by atoms with E-state index in [-0.39, 0.29) is 52.8 Å². The predicted octanol–water partition coefficient (Wildman–Crippen LogP) is 6.19. The molecule has 5 heteroatoms. The van der Waals surface area contributed by atoms with Gasteiger partial charge in [0, 0.05) is 0 Å². The van der Waals surface area contributed by atoms with Crippen LogP contribution < -0.4 is 0 Å². The van der Waals surface area contributed by atoms with Crippen LogP contribution in [0.5, 0.6) is 0 Å². The fraction of sp³-hybridized carbons (Fsp3) is 0.667. The maximum atomic E-state index is 12.4. The van der Waals surface area contributed by atoms with Crippen molar-refractivity contribution in [1.29, 1.82) is 0 Å². The van der Waals surface area contributed by atoms with E-state index in [9.17, 15) is 9.59 Å². The number of carbonyl (C=O) groups excluding carboxylic acids is 2. The Bertz CT molecular complexity index is 517. The van der Waals surface area contributed by atoms with E-state index in [1.807, 2.05) is 0 Å². The Morgan fingerprint density at radius 3 is 1.38 bits per heavy atom. The summed E-state index contributed by atoms with van der Waals surface area (Å²) < 4.78 is 10.7. The number of hydrogen-bond donors (Lipinski definition) is 0. The molecule has 0 spiro atoms. The van der Waals surface area contributed by atoms with Gasteiger partial charge in [0.05, 0.1) is 24.3 Å². The number of unbranched alkanes of at least 4 members (excludes halogenated alkanes) is 10. The van der Waals surface area contributed by atoms with Gasteiger partial charge < -0.3 is 9.47 Å². The van der Waals surface area contributed by atoms with Gasteiger partial charge in [0.25, 0.3) is 0 Å². The van der Waals surface area contributed by atoms with Crippen molar-refractivity contribution in [3.63, 3.8) is 0 Å². The summed E-state index contributed by atoms with van der Waals surface area (Å²) in [5, 5.41) is 0. The molecule has 1 aromatic rings. The van der Waals surface area contributed by atoms with Crippen molar-refractivity contribution < 1.29 is 20.5 Å². The molecule has 0 atom stereocenters. The van der Waals surface area contributed by atoms with Crippen LogP contribution in [0.3, 0.4) is 0 Å². The van der Waals surface area contributed by atoms with Gasteiger partial charge in [-0.25, -0.2) is 9.59 Å². The van der Waals surface area contributed by atoms with Crippen LogP contribution in [0.25, 0.3) is 0 Å². The Kier molecular flexibility index (Phi) is 19.6. The first-order valence-corrected chi connectivity index (χ1v) is 11.1. The first-order valence-electron chi connectivity index (χ1n) is 11.1. The molecule has 0 aliphatic rings. The number of carbonyl (C=O) groups is 2. The molecule has 1 rings (SSSR count). The van der Waals surface area contributed by atoms with Crippen molar-refractivity contribution in [2.75, 3.05) is 13.2 Å². The van der Waals surface area contributed by atoms with Gasteiger partial charge in [-0.3, -0.25) is 0 Å². The fourth-order valence-corrected chi connectivity index (χ4v) is 3.09. The summed E-state index contributed by atoms with van der Waals surface area (Å²) in [4.78, 5) is 24.7. The normalized spacial score (nSPS) is 10.3. The van der Waals surface area contributed by atoms with Gasteiger partial charge in [-0.2, -0.15) is 0 Å². The van der Waals surface area contributed by atoms with Crippen LogP contribution in [-0.4, -0.2) is 76.5 Å². The Morgan fingerprint density at radius 1 is 0.655 bits per heavy atom. The van der Waals surface area contributed by atoms with Crippen molar-refractivity contribution in [2.24, 2.45) is 0 Å². The summed E-state index contributed by atoms with van der Waals surface area (Å²) in [7, 11) is 0. The molecule has 0 radical (unpaired) electrons. The van der Waals surface area contributed by atoms with E-state index in [2.05, 4.69) is 13.8 Å². The molecule has 4 nitrogen and oxygen atoms in total. The molecule has 0 saturated carbocycles. The van der Waals surface area contributed by atoms with E-state index < -0.39 is 11.9 Å². The number of hydrogen-bond acceptors (Lipinski definition) is 4. The van der Waals surface area contributed by atoms with Crippen LogP contribution >= 0.6 is 0 Å². The van der Waals surface area contributed by atoms with Crippen molar-refractivity contribution in [2.45, 2.75) is 90.9 Å². The number of rotatable bonds is 16. The molecule has 0 heterocycles. The van der Waals surface area contributed by atoms with Gasteiger partial charge in [-0.15, -0.1) is 0 Å². The summed E-state index contributed by atoms with van der Waals surface area (Å²) in [5.41, 5.74) is 0.586. The minimum absolute atomic E-state index is 0. The third-order valence-electron chi connectivity index (χ3n) is 4.83. The molecule has 0 aliphatic heterocycles. The molecule has 0 bridgehead atoms. The van der Waals surface area contributed by atoms with Gasteiger partial charge in [0.1, 0.15) is 0 Å². The van der Waals surface area contributed by atoms with Crippen LogP contribution in [0.2, 0.25) is 0 Å². The Balaban J connectivity index is 0. The van der Waals surface area contributed by atoms with Gasteiger partial charge in [-0.05, 0) is 25.0 Å². The SMILES string of the molecule is CCCCCCCCOC(=O)c1ccccc1C(=O)OCCCCCCCC.[H+].[KH]. The van der Waals surface area contributed by atoms with Crippen LogP contribution in [-0.2, 0) is 9.47 Å². The van der Waals surface area contributed by atoms with Crippen molar-refractivity contribution >= 4 is 63.3 Å². The molecular formula is C24H40KO4+. The van der Waals surface area contributed by atoms with E-state index in [1.165, 1.54) is 51.4 Å². The predicted molar refractivity (Wildman–Crippen MR) is 122 cm³/mol. The van der Waals surface area contributed by atoms with Crippen LogP contribution in [0, 0.1) is 0 Å². The van der Waals surface area contributed by atoms with Crippen LogP contribution in [0.15, 0.2) is 24.3 Å². The monoisotopic (exact) mass is 431 g/mol. The Hall–Kier alpha value is -0.204. The topological polar surface area (TPSA) is 52.6 Å². The van der Waals surface area contributed by atoms with Gasteiger partial charge in [0.15, 0.2) is 0 Å². The fourth-order valence-electron chi connectivity index (χ4n) is 3.09. The molecule has 0 amide bonds. The van der Waals surface area contributed by atoms with Crippen molar-refractivity contribution in [1.82, 2.24) is 0 Å². The molecule has 160 valence electrons. The zero-order chi connectivity index (χ0) is 20.5. The van der Waals surface area contributed by atoms with E-state index in [0.717, 1.165) is 25.7 Å². The average Bonchev–Trinajstić information content (AvgIpc) is 2.72. The molecule has 0 N–H and O–H groups in total. The molecule has 0 saturated heterocycles. The minimum atomic E-state index is -0.444. The average molecular weight is 432 g/mol. The zero-order valence-corrected chi connectivity index (χ0v) is 17.8. The molecule has 0 aliphatic carbocycles. The first kappa shape index (κ1) is 28.8. The number of ether oxygens (including phenoxy) is 2. The third kappa shape index (κ3) is 13.7. The molecule has 0 fully saturated rings. The van der Waals surface area contributed by atoms with E-state index >= 15 is 0 Å². The number of benzene rings is 1. The summed E-state index contributed by atoms with van der Waals surface area (Å²) in [6.45, 7) is 5.17. The molecule has 1 aromatic carbocycles. The van der Waals surface area contributed by atoms with E-state index in [4.69, 9.17) is 9.47 Å². The van der Waals surface area contributed by atoms with Crippen molar-refractivity contribution in [3.05, 3.63) is 35.4 Å². The van der Waals surface area contributed by atoms with Crippen LogP contribution in [0.4, 0.5) is 0 Å². The zero-order valence-electron chi connectivity index (χ0n) is 18.8. The maximum absolute atomic E-state index is 12.4. The van der Waals surface area contributed by atoms with Gasteiger partial charge >= 0.3 is 64.7 Å². The summed E-state index contributed by atoms with van der Waals surface area (Å²) in [6, 6.07) is 6.74. The second-order valence-corrected chi connectivity index (χ2v) is 7.35. The van der Waals surface area contributed by atoms with E-state index in [0.29, 0.717) is 24.3 Å². The Labute approximate surface area is 221 Å². The van der Waals surface area contributed by atoms with Crippen molar-refractivity contribution in [3.8, 4) is 0 Å². The number of esters is 2. The summed E-state index contributed by atoms with van der Waals surface area (Å²) in [6.07, 6.45) is 13.6. The summed E-state index contributed by atoms with van der Waals surface area (Å²) >= 11 is 0. The van der Waals surface area contributed by atoms with Gasteiger partial charge in [-0.1, -0.05) is 90.2 Å². The summed E-state index contributed by atoms with van der Waals surface area (Å²) in [5.74, 6) is -0.888. The second kappa shape index (κ2) is 19.7. The standard InChI is InChI=1S/C24H38O4.K.H/c1-3-5-7-9-11-15-19-27-23(25)21-17-13-14-18-22(21)24(26)28-20-16-12-10-8-6-4-2;;/h13-14,17-18H,3-12,15-16,19-20H2,1-2H3;;/p+1. The molecule has 0 aromatic heterocycles. The first-order chi connectivity index (χ1) is 13.7. The van der Waals surface area contributed by atoms with Gasteiger partial charge in [0.2, 0.25) is 0 Å². The molecule has 0 unspecified atom stereocenters. The third-order valence-corrected chi connectivity index (χ3v) is 4.83. The Morgan fingerprint density at radius 2 is 1.00 bits per heavy atom. The van der Waals surface area contributed by atoms with Crippen LogP contribution in [0.1, 0.15) is 113 Å². The quantitative estimate of drug-likeness (QED) is 0.178. The van der Waals surface area contributed by atoms with E-state index in [1.54, 1.807) is 24.3 Å². The second-order valence-electron chi connectivity index (χ2n) is 7.35. The molecule has 29 heavy (non-hydrogen) atoms.